The van der Waals surface area contributed by atoms with E-state index in [1.165, 1.54) is 0 Å². The molecular weight excluding hydrogens is 423 g/mol. The molecule has 0 aliphatic rings. The molecule has 0 bridgehead atoms. The first-order valence-electron chi connectivity index (χ1n) is 9.54. The summed E-state index contributed by atoms with van der Waals surface area (Å²) >= 11 is 0. The smallest absolute Gasteiger partial charge is 0.412 e. The topological polar surface area (TPSA) is 134 Å². The first kappa shape index (κ1) is 24.4. The molecule has 2 amide bonds. The molecule has 0 heterocycles. The minimum atomic E-state index is -4.65. The van der Waals surface area contributed by atoms with Gasteiger partial charge in [0.15, 0.2) is 0 Å². The Morgan fingerprint density at radius 1 is 0.968 bits per heavy atom. The lowest BCUT2D eigenvalue weighted by Gasteiger charge is -2.20. The van der Waals surface area contributed by atoms with E-state index in [9.17, 15) is 23.9 Å². The highest BCUT2D eigenvalue weighted by atomic mass is 31.2. The van der Waals surface area contributed by atoms with Crippen LogP contribution in [0, 0.1) is 0 Å². The summed E-state index contributed by atoms with van der Waals surface area (Å²) in [6, 6.07) is 15.3. The average molecular weight is 450 g/mol. The van der Waals surface area contributed by atoms with Gasteiger partial charge in [-0.15, -0.1) is 0 Å². The third-order valence-electron chi connectivity index (χ3n) is 3.93. The maximum Gasteiger partial charge on any atom is 0.412 e. The third-order valence-corrected chi connectivity index (χ3v) is 5.06. The van der Waals surface area contributed by atoms with Gasteiger partial charge in [-0.05, 0) is 44.0 Å². The van der Waals surface area contributed by atoms with Crippen molar-refractivity contribution < 1.29 is 33.4 Å². The number of hydrogen-bond acceptors (Lipinski definition) is 5. The van der Waals surface area contributed by atoms with E-state index in [1.807, 2.05) is 6.07 Å². The molecule has 0 spiro atoms. The fourth-order valence-electron chi connectivity index (χ4n) is 2.52. The SMILES string of the molecule is CC(C)(C)OC(=O)Nc1ccc(CC(NC(=O)OCc2ccccc2)P(=O)(O)O)cc1. The molecule has 0 saturated carbocycles. The summed E-state index contributed by atoms with van der Waals surface area (Å²) in [6.45, 7) is 5.22. The van der Waals surface area contributed by atoms with Crippen molar-refractivity contribution in [1.29, 1.82) is 0 Å². The second-order valence-corrected chi connectivity index (χ2v) is 9.64. The maximum atomic E-state index is 12.0. The van der Waals surface area contributed by atoms with Crippen LogP contribution in [0.1, 0.15) is 31.9 Å². The first-order chi connectivity index (χ1) is 14.4. The van der Waals surface area contributed by atoms with Crippen molar-refractivity contribution in [2.45, 2.75) is 45.2 Å². The van der Waals surface area contributed by atoms with Crippen LogP contribution in [0.3, 0.4) is 0 Å². The second kappa shape index (κ2) is 10.4. The fourth-order valence-corrected chi connectivity index (χ4v) is 3.25. The number of rotatable bonds is 7. The summed E-state index contributed by atoms with van der Waals surface area (Å²) in [5.41, 5.74) is 1.12. The predicted molar refractivity (Wildman–Crippen MR) is 116 cm³/mol. The van der Waals surface area contributed by atoms with Crippen LogP contribution >= 0.6 is 7.60 Å². The molecule has 0 radical (unpaired) electrons. The Morgan fingerprint density at radius 3 is 2.13 bits per heavy atom. The Labute approximate surface area is 180 Å². The van der Waals surface area contributed by atoms with Gasteiger partial charge in [-0.2, -0.15) is 0 Å². The number of ether oxygens (including phenoxy) is 2. The van der Waals surface area contributed by atoms with Gasteiger partial charge >= 0.3 is 19.8 Å². The zero-order valence-electron chi connectivity index (χ0n) is 17.6. The van der Waals surface area contributed by atoms with Crippen molar-refractivity contribution in [1.82, 2.24) is 5.32 Å². The van der Waals surface area contributed by atoms with Crippen molar-refractivity contribution in [3.05, 3.63) is 65.7 Å². The Kier molecular flexibility index (Phi) is 8.21. The lowest BCUT2D eigenvalue weighted by Crippen LogP contribution is -2.36. The molecule has 2 rings (SSSR count). The molecule has 9 nitrogen and oxygen atoms in total. The normalized spacial score (nSPS) is 12.5. The number of hydrogen-bond donors (Lipinski definition) is 4. The fraction of sp³-hybridized carbons (Fsp3) is 0.333. The van der Waals surface area contributed by atoms with E-state index in [4.69, 9.17) is 9.47 Å². The number of nitrogens with one attached hydrogen (secondary N) is 2. The summed E-state index contributed by atoms with van der Waals surface area (Å²) in [5, 5.41) is 4.80. The van der Waals surface area contributed by atoms with Crippen molar-refractivity contribution >= 4 is 25.5 Å². The van der Waals surface area contributed by atoms with Gasteiger partial charge < -0.3 is 24.6 Å². The molecule has 0 aliphatic heterocycles. The number of alkyl carbamates (subject to hydrolysis) is 1. The van der Waals surface area contributed by atoms with Crippen molar-refractivity contribution in [3.63, 3.8) is 0 Å². The number of anilines is 1. The molecule has 1 atom stereocenters. The third kappa shape index (κ3) is 9.21. The average Bonchev–Trinajstić information content (AvgIpc) is 2.66. The minimum Gasteiger partial charge on any atom is -0.445 e. The van der Waals surface area contributed by atoms with E-state index in [2.05, 4.69) is 10.6 Å². The molecule has 0 aromatic heterocycles. The number of carbonyl (C=O) groups is 2. The van der Waals surface area contributed by atoms with E-state index in [-0.39, 0.29) is 13.0 Å². The monoisotopic (exact) mass is 450 g/mol. The van der Waals surface area contributed by atoms with Crippen molar-refractivity contribution in [2.75, 3.05) is 5.32 Å². The number of carbonyl (C=O) groups excluding carboxylic acids is 2. The van der Waals surface area contributed by atoms with Gasteiger partial charge in [-0.3, -0.25) is 9.88 Å². The molecule has 10 heteroatoms. The summed E-state index contributed by atoms with van der Waals surface area (Å²) in [5.74, 6) is -1.46. The van der Waals surface area contributed by atoms with E-state index < -0.39 is 31.2 Å². The van der Waals surface area contributed by atoms with Crippen LogP contribution in [-0.2, 0) is 27.1 Å². The molecular formula is C21H27N2O7P. The molecule has 0 aliphatic carbocycles. The Balaban J connectivity index is 1.95. The van der Waals surface area contributed by atoms with E-state index in [0.717, 1.165) is 5.56 Å². The zero-order valence-corrected chi connectivity index (χ0v) is 18.5. The minimum absolute atomic E-state index is 0.0222. The van der Waals surface area contributed by atoms with Crippen LogP contribution in [0.2, 0.25) is 0 Å². The lowest BCUT2D eigenvalue weighted by molar-refractivity contribution is 0.0636. The van der Waals surface area contributed by atoms with E-state index >= 15 is 0 Å². The zero-order chi connectivity index (χ0) is 23.1. The van der Waals surface area contributed by atoms with Crippen LogP contribution in [-0.4, -0.2) is 33.4 Å². The molecule has 168 valence electrons. The largest absolute Gasteiger partial charge is 0.445 e. The highest BCUT2D eigenvalue weighted by molar-refractivity contribution is 7.52. The van der Waals surface area contributed by atoms with Crippen molar-refractivity contribution in [3.8, 4) is 0 Å². The Hall–Kier alpha value is -2.87. The van der Waals surface area contributed by atoms with Crippen LogP contribution in [0.4, 0.5) is 15.3 Å². The van der Waals surface area contributed by atoms with Gasteiger partial charge in [0.2, 0.25) is 0 Å². The quantitative estimate of drug-likeness (QED) is 0.468. The summed E-state index contributed by atoms with van der Waals surface area (Å²) < 4.78 is 22.0. The van der Waals surface area contributed by atoms with Crippen LogP contribution in [0.25, 0.3) is 0 Å². The van der Waals surface area contributed by atoms with Crippen LogP contribution in [0.15, 0.2) is 54.6 Å². The summed E-state index contributed by atoms with van der Waals surface area (Å²) in [7, 11) is -4.65. The summed E-state index contributed by atoms with van der Waals surface area (Å²) in [6.07, 6.45) is -1.67. The summed E-state index contributed by atoms with van der Waals surface area (Å²) in [4.78, 5) is 43.1. The van der Waals surface area contributed by atoms with Gasteiger partial charge in [0, 0.05) is 12.1 Å². The first-order valence-corrected chi connectivity index (χ1v) is 11.2. The Bertz CT molecular complexity index is 921. The maximum absolute atomic E-state index is 12.0. The predicted octanol–water partition coefficient (Wildman–Crippen LogP) is 4.01. The van der Waals surface area contributed by atoms with Gasteiger partial charge in [-0.1, -0.05) is 42.5 Å². The molecule has 4 N–H and O–H groups in total. The van der Waals surface area contributed by atoms with E-state index in [0.29, 0.717) is 11.3 Å². The van der Waals surface area contributed by atoms with Gasteiger partial charge in [-0.25, -0.2) is 9.59 Å². The molecule has 31 heavy (non-hydrogen) atoms. The molecule has 0 fully saturated rings. The van der Waals surface area contributed by atoms with Crippen LogP contribution < -0.4 is 10.6 Å². The second-order valence-electron chi connectivity index (χ2n) is 7.84. The number of amides is 2. The lowest BCUT2D eigenvalue weighted by atomic mass is 10.1. The molecule has 0 saturated heterocycles. The standard InChI is InChI=1S/C21H27N2O7P/c1-21(2,3)30-20(25)22-17-11-9-15(10-12-17)13-18(31(26,27)28)23-19(24)29-14-16-7-5-4-6-8-16/h4-12,18H,13-14H2,1-3H3,(H,22,25)(H,23,24)(H2,26,27,28). The number of benzene rings is 2. The highest BCUT2D eigenvalue weighted by Crippen LogP contribution is 2.41. The van der Waals surface area contributed by atoms with Gasteiger partial charge in [0.05, 0.1) is 0 Å². The van der Waals surface area contributed by atoms with Crippen LogP contribution in [0.5, 0.6) is 0 Å². The molecule has 2 aromatic rings. The molecule has 2 aromatic carbocycles. The van der Waals surface area contributed by atoms with E-state index in [1.54, 1.807) is 69.3 Å². The molecule has 1 unspecified atom stereocenters. The highest BCUT2D eigenvalue weighted by Gasteiger charge is 2.31. The Morgan fingerprint density at radius 2 is 1.58 bits per heavy atom. The van der Waals surface area contributed by atoms with Gasteiger partial charge in [0.25, 0.3) is 0 Å². The van der Waals surface area contributed by atoms with Crippen molar-refractivity contribution in [2.24, 2.45) is 0 Å². The van der Waals surface area contributed by atoms with Gasteiger partial charge in [0.1, 0.15) is 18.0 Å².